The average molecular weight is 179 g/mol. The van der Waals surface area contributed by atoms with Gasteiger partial charge in [0.25, 0.3) is 0 Å². The molecule has 0 saturated heterocycles. The third-order valence-electron chi connectivity index (χ3n) is 3.05. The molecule has 74 valence electrons. The molecule has 1 aliphatic carbocycles. The quantitative estimate of drug-likeness (QED) is 0.642. The first-order valence-electron chi connectivity index (χ1n) is 5.17. The molecule has 1 aliphatic rings. The molecular formula is C12H21N. The molecule has 0 heterocycles. The summed E-state index contributed by atoms with van der Waals surface area (Å²) < 4.78 is 0. The SMILES string of the molecule is C#CC(C)NC1CC(C)(C)CC1C. The monoisotopic (exact) mass is 179 g/mol. The van der Waals surface area contributed by atoms with E-state index in [1.54, 1.807) is 0 Å². The maximum atomic E-state index is 5.35. The Balaban J connectivity index is 2.50. The summed E-state index contributed by atoms with van der Waals surface area (Å²) >= 11 is 0. The van der Waals surface area contributed by atoms with E-state index in [9.17, 15) is 0 Å². The van der Waals surface area contributed by atoms with Crippen molar-refractivity contribution >= 4 is 0 Å². The Morgan fingerprint density at radius 3 is 2.46 bits per heavy atom. The molecule has 1 N–H and O–H groups in total. The number of rotatable bonds is 2. The van der Waals surface area contributed by atoms with Crippen molar-refractivity contribution in [3.05, 3.63) is 0 Å². The molecule has 3 atom stereocenters. The van der Waals surface area contributed by atoms with E-state index in [2.05, 4.69) is 38.9 Å². The molecule has 0 aromatic heterocycles. The van der Waals surface area contributed by atoms with E-state index in [1.807, 2.05) is 0 Å². The third-order valence-corrected chi connectivity index (χ3v) is 3.05. The highest BCUT2D eigenvalue weighted by molar-refractivity contribution is 5.00. The molecular weight excluding hydrogens is 158 g/mol. The van der Waals surface area contributed by atoms with Gasteiger partial charge < -0.3 is 5.32 Å². The summed E-state index contributed by atoms with van der Waals surface area (Å²) in [6.45, 7) is 9.05. The van der Waals surface area contributed by atoms with E-state index >= 15 is 0 Å². The van der Waals surface area contributed by atoms with Crippen LogP contribution in [0.25, 0.3) is 0 Å². The van der Waals surface area contributed by atoms with Crippen molar-refractivity contribution in [3.8, 4) is 12.3 Å². The standard InChI is InChI=1S/C12H21N/c1-6-10(3)13-11-8-12(4,5)7-9(11)2/h1,9-11,13H,7-8H2,2-5H3. The first kappa shape index (κ1) is 10.6. The first-order chi connectivity index (χ1) is 5.94. The van der Waals surface area contributed by atoms with E-state index in [4.69, 9.17) is 6.42 Å². The lowest BCUT2D eigenvalue weighted by atomic mass is 9.91. The van der Waals surface area contributed by atoms with Gasteiger partial charge in [-0.25, -0.2) is 0 Å². The second-order valence-electron chi connectivity index (χ2n) is 5.21. The maximum absolute atomic E-state index is 5.35. The first-order valence-corrected chi connectivity index (χ1v) is 5.17. The zero-order chi connectivity index (χ0) is 10.1. The number of hydrogen-bond donors (Lipinski definition) is 1. The van der Waals surface area contributed by atoms with Gasteiger partial charge in [0.2, 0.25) is 0 Å². The predicted octanol–water partition coefficient (Wildman–Crippen LogP) is 2.42. The summed E-state index contributed by atoms with van der Waals surface area (Å²) in [7, 11) is 0. The molecule has 1 heteroatoms. The molecule has 0 radical (unpaired) electrons. The van der Waals surface area contributed by atoms with Crippen molar-refractivity contribution in [1.82, 2.24) is 5.32 Å². The molecule has 0 amide bonds. The maximum Gasteiger partial charge on any atom is 0.0660 e. The van der Waals surface area contributed by atoms with Gasteiger partial charge in [0.15, 0.2) is 0 Å². The summed E-state index contributed by atoms with van der Waals surface area (Å²) in [4.78, 5) is 0. The van der Waals surface area contributed by atoms with Crippen LogP contribution in [0, 0.1) is 23.7 Å². The lowest BCUT2D eigenvalue weighted by molar-refractivity contribution is 0.361. The van der Waals surface area contributed by atoms with E-state index in [0.717, 1.165) is 5.92 Å². The molecule has 1 nitrogen and oxygen atoms in total. The normalized spacial score (nSPS) is 34.1. The van der Waals surface area contributed by atoms with E-state index in [-0.39, 0.29) is 6.04 Å². The van der Waals surface area contributed by atoms with E-state index < -0.39 is 0 Å². The molecule has 0 spiro atoms. The van der Waals surface area contributed by atoms with Crippen molar-refractivity contribution < 1.29 is 0 Å². The van der Waals surface area contributed by atoms with Crippen LogP contribution in [0.2, 0.25) is 0 Å². The molecule has 0 bridgehead atoms. The highest BCUT2D eigenvalue weighted by atomic mass is 15.0. The lowest BCUT2D eigenvalue weighted by Gasteiger charge is -2.20. The summed E-state index contributed by atoms with van der Waals surface area (Å²) in [5.41, 5.74) is 0.491. The lowest BCUT2D eigenvalue weighted by Crippen LogP contribution is -2.37. The number of hydrogen-bond acceptors (Lipinski definition) is 1. The number of nitrogens with one attached hydrogen (secondary N) is 1. The summed E-state index contributed by atoms with van der Waals surface area (Å²) in [5.74, 6) is 3.48. The van der Waals surface area contributed by atoms with Gasteiger partial charge in [-0.15, -0.1) is 6.42 Å². The van der Waals surface area contributed by atoms with Gasteiger partial charge in [0.05, 0.1) is 6.04 Å². The van der Waals surface area contributed by atoms with Crippen LogP contribution < -0.4 is 5.32 Å². The Morgan fingerprint density at radius 1 is 1.46 bits per heavy atom. The van der Waals surface area contributed by atoms with Gasteiger partial charge in [-0.2, -0.15) is 0 Å². The van der Waals surface area contributed by atoms with Crippen LogP contribution in [0.4, 0.5) is 0 Å². The van der Waals surface area contributed by atoms with E-state index in [1.165, 1.54) is 12.8 Å². The van der Waals surface area contributed by atoms with Gasteiger partial charge in [-0.05, 0) is 31.1 Å². The largest absolute Gasteiger partial charge is 0.301 e. The van der Waals surface area contributed by atoms with Gasteiger partial charge in [-0.3, -0.25) is 0 Å². The van der Waals surface area contributed by atoms with Crippen molar-refractivity contribution in [2.24, 2.45) is 11.3 Å². The second kappa shape index (κ2) is 3.72. The summed E-state index contributed by atoms with van der Waals surface area (Å²) in [6, 6.07) is 0.822. The Labute approximate surface area is 82.3 Å². The predicted molar refractivity (Wildman–Crippen MR) is 57.4 cm³/mol. The fourth-order valence-electron chi connectivity index (χ4n) is 2.49. The third kappa shape index (κ3) is 2.74. The molecule has 1 rings (SSSR count). The van der Waals surface area contributed by atoms with Gasteiger partial charge in [0.1, 0.15) is 0 Å². The Kier molecular flexibility index (Phi) is 3.03. The van der Waals surface area contributed by atoms with Crippen LogP contribution in [0.3, 0.4) is 0 Å². The highest BCUT2D eigenvalue weighted by Crippen LogP contribution is 2.40. The fourth-order valence-corrected chi connectivity index (χ4v) is 2.49. The van der Waals surface area contributed by atoms with Crippen LogP contribution in [-0.4, -0.2) is 12.1 Å². The average Bonchev–Trinajstić information content (AvgIpc) is 2.24. The van der Waals surface area contributed by atoms with Crippen LogP contribution >= 0.6 is 0 Å². The van der Waals surface area contributed by atoms with Crippen molar-refractivity contribution in [1.29, 1.82) is 0 Å². The number of terminal acetylenes is 1. The Hall–Kier alpha value is -0.480. The summed E-state index contributed by atoms with van der Waals surface area (Å²) in [5, 5.41) is 3.50. The van der Waals surface area contributed by atoms with Crippen molar-refractivity contribution in [2.75, 3.05) is 0 Å². The molecule has 1 fully saturated rings. The molecule has 0 aromatic carbocycles. The fraction of sp³-hybridized carbons (Fsp3) is 0.833. The van der Waals surface area contributed by atoms with Gasteiger partial charge in [0, 0.05) is 6.04 Å². The second-order valence-corrected chi connectivity index (χ2v) is 5.21. The van der Waals surface area contributed by atoms with Crippen LogP contribution in [0.15, 0.2) is 0 Å². The molecule has 0 aromatic rings. The smallest absolute Gasteiger partial charge is 0.0660 e. The van der Waals surface area contributed by atoms with Crippen LogP contribution in [0.5, 0.6) is 0 Å². The minimum atomic E-state index is 0.210. The highest BCUT2D eigenvalue weighted by Gasteiger charge is 2.36. The van der Waals surface area contributed by atoms with Gasteiger partial charge in [-0.1, -0.05) is 26.7 Å². The zero-order valence-corrected chi connectivity index (χ0v) is 9.22. The zero-order valence-electron chi connectivity index (χ0n) is 9.22. The van der Waals surface area contributed by atoms with Crippen molar-refractivity contribution in [3.63, 3.8) is 0 Å². The molecule has 13 heavy (non-hydrogen) atoms. The topological polar surface area (TPSA) is 12.0 Å². The van der Waals surface area contributed by atoms with Crippen LogP contribution in [0.1, 0.15) is 40.5 Å². The molecule has 3 unspecified atom stereocenters. The minimum absolute atomic E-state index is 0.210. The Morgan fingerprint density at radius 2 is 2.08 bits per heavy atom. The minimum Gasteiger partial charge on any atom is -0.301 e. The van der Waals surface area contributed by atoms with E-state index in [0.29, 0.717) is 11.5 Å². The molecule has 0 aliphatic heterocycles. The molecule has 1 saturated carbocycles. The van der Waals surface area contributed by atoms with Crippen LogP contribution in [-0.2, 0) is 0 Å². The van der Waals surface area contributed by atoms with Gasteiger partial charge >= 0.3 is 0 Å². The summed E-state index contributed by atoms with van der Waals surface area (Å²) in [6.07, 6.45) is 7.91. The Bertz CT molecular complexity index is 212. The van der Waals surface area contributed by atoms with Crippen molar-refractivity contribution in [2.45, 2.75) is 52.6 Å².